The predicted molar refractivity (Wildman–Crippen MR) is 104 cm³/mol. The van der Waals surface area contributed by atoms with Gasteiger partial charge in [0, 0.05) is 26.2 Å². The molecule has 1 atom stereocenters. The molecule has 8 heteroatoms. The van der Waals surface area contributed by atoms with Crippen molar-refractivity contribution in [3.8, 4) is 0 Å². The Bertz CT molecular complexity index is 983. The van der Waals surface area contributed by atoms with Crippen LogP contribution in [0.25, 0.3) is 0 Å². The molecule has 1 unspecified atom stereocenters. The van der Waals surface area contributed by atoms with Gasteiger partial charge in [0.25, 0.3) is 5.91 Å². The van der Waals surface area contributed by atoms with Crippen molar-refractivity contribution in [2.75, 3.05) is 26.2 Å². The number of amides is 3. The smallest absolute Gasteiger partial charge is 0.256 e. The fourth-order valence-corrected chi connectivity index (χ4v) is 4.00. The monoisotopic (exact) mass is 413 g/mol. The molecule has 2 heterocycles. The van der Waals surface area contributed by atoms with E-state index in [0.717, 1.165) is 23.8 Å². The van der Waals surface area contributed by atoms with Crippen molar-refractivity contribution >= 4 is 17.7 Å². The molecular formula is C22H21F2N3O3. The van der Waals surface area contributed by atoms with Crippen molar-refractivity contribution in [3.63, 3.8) is 0 Å². The third-order valence-corrected chi connectivity index (χ3v) is 5.56. The Hall–Kier alpha value is -3.29. The third kappa shape index (κ3) is 3.90. The van der Waals surface area contributed by atoms with Gasteiger partial charge in [0.2, 0.25) is 11.8 Å². The summed E-state index contributed by atoms with van der Waals surface area (Å²) in [4.78, 5) is 42.8. The summed E-state index contributed by atoms with van der Waals surface area (Å²) < 4.78 is 27.5. The van der Waals surface area contributed by atoms with Gasteiger partial charge in [-0.1, -0.05) is 30.3 Å². The van der Waals surface area contributed by atoms with E-state index in [1.165, 1.54) is 14.7 Å². The number of nitrogens with zero attached hydrogens (tertiary/aromatic N) is 3. The van der Waals surface area contributed by atoms with Crippen LogP contribution >= 0.6 is 0 Å². The highest BCUT2D eigenvalue weighted by molar-refractivity contribution is 5.96. The van der Waals surface area contributed by atoms with Gasteiger partial charge in [0.1, 0.15) is 24.2 Å². The second kappa shape index (κ2) is 8.22. The fourth-order valence-electron chi connectivity index (χ4n) is 4.00. The molecule has 0 bridgehead atoms. The Balaban J connectivity index is 1.49. The standard InChI is InChI=1S/C22H21F2N3O3/c23-16-6-7-18(24)17(12-16)21(29)25-9-8-19-22(30)26(13-15-4-2-1-3-5-15)14-20(28)27(19)11-10-25/h1-7,12,19H,8-11,13-14H2. The number of carbonyl (C=O) groups excluding carboxylic acids is 3. The summed E-state index contributed by atoms with van der Waals surface area (Å²) in [5.74, 6) is -2.49. The third-order valence-electron chi connectivity index (χ3n) is 5.56. The lowest BCUT2D eigenvalue weighted by Crippen LogP contribution is -2.59. The maximum absolute atomic E-state index is 14.0. The van der Waals surface area contributed by atoms with E-state index >= 15 is 0 Å². The molecule has 2 aliphatic heterocycles. The van der Waals surface area contributed by atoms with Crippen LogP contribution < -0.4 is 0 Å². The summed E-state index contributed by atoms with van der Waals surface area (Å²) in [7, 11) is 0. The molecule has 2 aliphatic rings. The molecule has 156 valence electrons. The Kier molecular flexibility index (Phi) is 5.48. The topological polar surface area (TPSA) is 60.9 Å². The van der Waals surface area contributed by atoms with Gasteiger partial charge in [0.05, 0.1) is 5.56 Å². The summed E-state index contributed by atoms with van der Waals surface area (Å²) >= 11 is 0. The quantitative estimate of drug-likeness (QED) is 0.774. The van der Waals surface area contributed by atoms with E-state index in [0.29, 0.717) is 6.54 Å². The van der Waals surface area contributed by atoms with Crippen molar-refractivity contribution in [2.45, 2.75) is 19.0 Å². The first-order valence-corrected chi connectivity index (χ1v) is 9.80. The first kappa shape index (κ1) is 20.0. The molecule has 0 spiro atoms. The van der Waals surface area contributed by atoms with Crippen molar-refractivity contribution in [2.24, 2.45) is 0 Å². The number of hydrogen-bond donors (Lipinski definition) is 0. The van der Waals surface area contributed by atoms with Crippen LogP contribution in [0.5, 0.6) is 0 Å². The Morgan fingerprint density at radius 3 is 2.53 bits per heavy atom. The van der Waals surface area contributed by atoms with Gasteiger partial charge in [-0.25, -0.2) is 8.78 Å². The van der Waals surface area contributed by atoms with Crippen molar-refractivity contribution in [1.82, 2.24) is 14.7 Å². The fraction of sp³-hybridized carbons (Fsp3) is 0.318. The van der Waals surface area contributed by atoms with Crippen LogP contribution in [0.3, 0.4) is 0 Å². The zero-order chi connectivity index (χ0) is 21.3. The second-order valence-electron chi connectivity index (χ2n) is 7.49. The number of rotatable bonds is 3. The van der Waals surface area contributed by atoms with Crippen LogP contribution in [-0.2, 0) is 16.1 Å². The van der Waals surface area contributed by atoms with Crippen molar-refractivity contribution in [1.29, 1.82) is 0 Å². The molecule has 3 amide bonds. The second-order valence-corrected chi connectivity index (χ2v) is 7.49. The van der Waals surface area contributed by atoms with E-state index in [1.54, 1.807) is 0 Å². The molecule has 0 N–H and O–H groups in total. The lowest BCUT2D eigenvalue weighted by Gasteiger charge is -2.39. The van der Waals surface area contributed by atoms with Crippen LogP contribution in [0.15, 0.2) is 48.5 Å². The van der Waals surface area contributed by atoms with E-state index in [-0.39, 0.29) is 50.0 Å². The van der Waals surface area contributed by atoms with Crippen LogP contribution in [0.1, 0.15) is 22.3 Å². The molecule has 2 saturated heterocycles. The summed E-state index contributed by atoms with van der Waals surface area (Å²) in [5.41, 5.74) is 0.581. The molecular weight excluding hydrogens is 392 g/mol. The van der Waals surface area contributed by atoms with Crippen LogP contribution in [0.2, 0.25) is 0 Å². The van der Waals surface area contributed by atoms with Gasteiger partial charge in [-0.15, -0.1) is 0 Å². The van der Waals surface area contributed by atoms with Crippen molar-refractivity contribution < 1.29 is 23.2 Å². The molecule has 2 fully saturated rings. The van der Waals surface area contributed by atoms with Crippen molar-refractivity contribution in [3.05, 3.63) is 71.3 Å². The predicted octanol–water partition coefficient (Wildman–Crippen LogP) is 2.05. The minimum absolute atomic E-state index is 0.0172. The van der Waals surface area contributed by atoms with Crippen LogP contribution in [0.4, 0.5) is 8.78 Å². The molecule has 0 aliphatic carbocycles. The molecule has 0 saturated carbocycles. The van der Waals surface area contributed by atoms with Gasteiger partial charge < -0.3 is 14.7 Å². The zero-order valence-corrected chi connectivity index (χ0v) is 16.3. The molecule has 4 rings (SSSR count). The van der Waals surface area contributed by atoms with E-state index in [9.17, 15) is 23.2 Å². The van der Waals surface area contributed by atoms with E-state index in [4.69, 9.17) is 0 Å². The SMILES string of the molecule is O=C(c1cc(F)ccc1F)N1CCC2C(=O)N(Cc3ccccc3)CC(=O)N2CC1. The minimum Gasteiger partial charge on any atom is -0.337 e. The minimum atomic E-state index is -0.801. The zero-order valence-electron chi connectivity index (χ0n) is 16.3. The van der Waals surface area contributed by atoms with Crippen LogP contribution in [-0.4, -0.2) is 64.6 Å². The summed E-state index contributed by atoms with van der Waals surface area (Å²) in [6.07, 6.45) is 0.249. The number of benzene rings is 2. The number of fused-ring (bicyclic) bond motifs is 1. The molecule has 6 nitrogen and oxygen atoms in total. The van der Waals surface area contributed by atoms with E-state index < -0.39 is 23.6 Å². The largest absolute Gasteiger partial charge is 0.337 e. The van der Waals surface area contributed by atoms with Crippen LogP contribution in [0, 0.1) is 11.6 Å². The molecule has 2 aromatic carbocycles. The first-order chi connectivity index (χ1) is 14.4. The summed E-state index contributed by atoms with van der Waals surface area (Å²) in [6, 6.07) is 11.5. The number of hydrogen-bond acceptors (Lipinski definition) is 3. The molecule has 30 heavy (non-hydrogen) atoms. The maximum atomic E-state index is 14.0. The molecule has 2 aromatic rings. The van der Waals surface area contributed by atoms with Gasteiger partial charge in [0.15, 0.2) is 0 Å². The Morgan fingerprint density at radius 2 is 1.77 bits per heavy atom. The van der Waals surface area contributed by atoms with E-state index in [1.807, 2.05) is 30.3 Å². The Morgan fingerprint density at radius 1 is 1.00 bits per heavy atom. The summed E-state index contributed by atoms with van der Waals surface area (Å²) in [6.45, 7) is 0.831. The highest BCUT2D eigenvalue weighted by atomic mass is 19.1. The number of piperazine rings is 1. The lowest BCUT2D eigenvalue weighted by atomic mass is 10.1. The Labute approximate surface area is 172 Å². The highest BCUT2D eigenvalue weighted by Gasteiger charge is 2.41. The molecule has 0 radical (unpaired) electrons. The van der Waals surface area contributed by atoms with Gasteiger partial charge in [-0.3, -0.25) is 14.4 Å². The number of halogens is 2. The average Bonchev–Trinajstić information content (AvgIpc) is 2.97. The maximum Gasteiger partial charge on any atom is 0.256 e. The molecule has 0 aromatic heterocycles. The van der Waals surface area contributed by atoms with Gasteiger partial charge in [-0.05, 0) is 30.2 Å². The highest BCUT2D eigenvalue weighted by Crippen LogP contribution is 2.22. The number of carbonyl (C=O) groups is 3. The normalized spacial score (nSPS) is 19.5. The van der Waals surface area contributed by atoms with E-state index in [2.05, 4.69) is 0 Å². The summed E-state index contributed by atoms with van der Waals surface area (Å²) in [5, 5.41) is 0. The first-order valence-electron chi connectivity index (χ1n) is 9.80. The van der Waals surface area contributed by atoms with Gasteiger partial charge >= 0.3 is 0 Å². The van der Waals surface area contributed by atoms with Gasteiger partial charge in [-0.2, -0.15) is 0 Å². The lowest BCUT2D eigenvalue weighted by molar-refractivity contribution is -0.156. The average molecular weight is 413 g/mol.